The number of carbonyl (C=O) groups is 1. The molecule has 0 aliphatic carbocycles. The van der Waals surface area contributed by atoms with Crippen molar-refractivity contribution in [2.24, 2.45) is 17.0 Å². The van der Waals surface area contributed by atoms with Crippen LogP contribution >= 0.6 is 34.7 Å². The van der Waals surface area contributed by atoms with Crippen LogP contribution in [0.2, 0.25) is 0 Å². The maximum atomic E-state index is 12.6. The predicted octanol–water partition coefficient (Wildman–Crippen LogP) is 8.44. The Hall–Kier alpha value is -2.04. The monoisotopic (exact) mass is 898 g/mol. The van der Waals surface area contributed by atoms with Gasteiger partial charge in [-0.05, 0) is 156 Å². The Morgan fingerprint density at radius 2 is 0.922 bits per heavy atom. The lowest BCUT2D eigenvalue weighted by molar-refractivity contribution is -0.124. The van der Waals surface area contributed by atoms with Crippen LogP contribution < -0.4 is 9.86 Å². The third-order valence-electron chi connectivity index (χ3n) is 9.80. The molecule has 0 bridgehead atoms. The van der Waals surface area contributed by atoms with Gasteiger partial charge in [-0.25, -0.2) is 35.1 Å². The first kappa shape index (κ1) is 49.0. The van der Waals surface area contributed by atoms with Crippen LogP contribution in [0.5, 0.6) is 0 Å². The van der Waals surface area contributed by atoms with Crippen LogP contribution in [-0.2, 0) is 33.9 Å². The summed E-state index contributed by atoms with van der Waals surface area (Å²) in [6, 6.07) is 5.54. The van der Waals surface area contributed by atoms with Gasteiger partial charge in [0.05, 0.1) is 14.7 Å². The predicted molar refractivity (Wildman–Crippen MR) is 220 cm³/mol. The normalized spacial score (nSPS) is 12.7. The number of benzene rings is 3. The zero-order chi connectivity index (χ0) is 39.4. The molecule has 51 heavy (non-hydrogen) atoms. The Kier molecular flexibility index (Phi) is 18.1. The molecule has 2 unspecified atom stereocenters. The van der Waals surface area contributed by atoms with Crippen LogP contribution in [0.3, 0.4) is 0 Å². The van der Waals surface area contributed by atoms with Crippen LogP contribution in [-0.4, -0.2) is 31.2 Å². The second-order valence-electron chi connectivity index (χ2n) is 13.4. The van der Waals surface area contributed by atoms with Crippen LogP contribution in [0.4, 0.5) is 0 Å². The molecule has 3 aromatic rings. The maximum Gasteiger partial charge on any atom is 0.264 e. The van der Waals surface area contributed by atoms with Crippen LogP contribution in [0, 0.1) is 94.9 Å². The van der Waals surface area contributed by atoms with Crippen LogP contribution in [0.1, 0.15) is 94.0 Å². The Balaban J connectivity index is 0.000000758. The van der Waals surface area contributed by atoms with Crippen molar-refractivity contribution in [3.05, 3.63) is 85.0 Å². The van der Waals surface area contributed by atoms with Crippen LogP contribution in [0.15, 0.2) is 32.9 Å². The lowest BCUT2D eigenvalue weighted by Crippen LogP contribution is -2.37. The zero-order valence-corrected chi connectivity index (χ0v) is 38.1. The fraction of sp³-hybridized carbons (Fsp3) is 0.486. The standard InChI is InChI=1S/C17H27NO3S.C10H13ClO2S.C10H15NO2S.HI/c1-8-10(2)14(6)17(19)18-22(20,21)16-12(4)9-11(3)13(5)15(16)7;2*1-6-5-7(2)10(14(11,12)13)9(4)8(6)3;/h9-10,14H,8H2,1-7H3,(H,18,19);5H,1-4H3;5H,1-4H3,(H2,11,12,13);1H. The van der Waals surface area contributed by atoms with Gasteiger partial charge in [0, 0.05) is 16.6 Å². The molecule has 0 aliphatic rings. The fourth-order valence-corrected chi connectivity index (χ4v) is 10.2. The third-order valence-corrected chi connectivity index (χ3v) is 14.2. The van der Waals surface area contributed by atoms with E-state index in [4.69, 9.17) is 15.8 Å². The number of amides is 1. The van der Waals surface area contributed by atoms with Gasteiger partial charge in [-0.3, -0.25) is 4.79 Å². The summed E-state index contributed by atoms with van der Waals surface area (Å²) in [6.07, 6.45) is 0.830. The summed E-state index contributed by atoms with van der Waals surface area (Å²) in [7, 11) is -5.72. The maximum absolute atomic E-state index is 12.6. The topological polar surface area (TPSA) is 158 Å². The molecule has 0 aromatic heterocycles. The molecule has 3 N–H and O–H groups in total. The summed E-state index contributed by atoms with van der Waals surface area (Å²) in [5, 5.41) is 5.15. The Morgan fingerprint density at radius 3 is 1.25 bits per heavy atom. The number of aryl methyl sites for hydroxylation is 6. The molecule has 9 nitrogen and oxygen atoms in total. The molecule has 288 valence electrons. The van der Waals surface area contributed by atoms with Crippen molar-refractivity contribution in [3.63, 3.8) is 0 Å². The molecule has 0 spiro atoms. The molecule has 0 heterocycles. The molecule has 3 rings (SSSR count). The van der Waals surface area contributed by atoms with Gasteiger partial charge in [0.1, 0.15) is 0 Å². The van der Waals surface area contributed by atoms with Gasteiger partial charge in [0.25, 0.3) is 19.1 Å². The second kappa shape index (κ2) is 18.8. The quantitative estimate of drug-likeness (QED) is 0.178. The van der Waals surface area contributed by atoms with E-state index in [1.54, 1.807) is 48.5 Å². The number of carbonyl (C=O) groups excluding carboxylic acids is 1. The Bertz CT molecular complexity index is 2020. The van der Waals surface area contributed by atoms with E-state index in [1.165, 1.54) is 0 Å². The van der Waals surface area contributed by atoms with E-state index in [9.17, 15) is 30.0 Å². The first-order valence-electron chi connectivity index (χ1n) is 16.3. The Morgan fingerprint density at radius 1 is 0.608 bits per heavy atom. The number of nitrogens with one attached hydrogen (secondary N) is 1. The van der Waals surface area contributed by atoms with Crippen molar-refractivity contribution in [3.8, 4) is 0 Å². The van der Waals surface area contributed by atoms with E-state index in [1.807, 2.05) is 73.6 Å². The number of hydrogen-bond acceptors (Lipinski definition) is 7. The van der Waals surface area contributed by atoms with Gasteiger partial charge in [0.15, 0.2) is 0 Å². The molecule has 0 radical (unpaired) electrons. The lowest BCUT2D eigenvalue weighted by Gasteiger charge is -2.20. The summed E-state index contributed by atoms with van der Waals surface area (Å²) < 4.78 is 72.8. The molecule has 0 saturated carbocycles. The average Bonchev–Trinajstić information content (AvgIpc) is 2.95. The average molecular weight is 899 g/mol. The highest BCUT2D eigenvalue weighted by molar-refractivity contribution is 14.0. The van der Waals surface area contributed by atoms with Gasteiger partial charge in [-0.1, -0.05) is 45.4 Å². The minimum Gasteiger partial charge on any atom is -0.274 e. The van der Waals surface area contributed by atoms with Gasteiger partial charge < -0.3 is 0 Å². The van der Waals surface area contributed by atoms with Crippen molar-refractivity contribution in [2.45, 2.75) is 125 Å². The minimum absolute atomic E-state index is 0. The number of sulfonamides is 2. The van der Waals surface area contributed by atoms with E-state index >= 15 is 0 Å². The first-order valence-corrected chi connectivity index (χ1v) is 21.6. The summed E-state index contributed by atoms with van der Waals surface area (Å²) in [6.45, 7) is 27.9. The van der Waals surface area contributed by atoms with E-state index < -0.39 is 35.0 Å². The minimum atomic E-state index is -3.85. The van der Waals surface area contributed by atoms with Gasteiger partial charge in [0.2, 0.25) is 15.9 Å². The highest BCUT2D eigenvalue weighted by atomic mass is 127. The third kappa shape index (κ3) is 12.2. The number of nitrogens with two attached hydrogens (primary N) is 1. The van der Waals surface area contributed by atoms with E-state index in [0.717, 1.165) is 50.9 Å². The molecule has 0 fully saturated rings. The largest absolute Gasteiger partial charge is 0.274 e. The summed E-state index contributed by atoms with van der Waals surface area (Å²) in [5.74, 6) is -0.643. The fourth-order valence-electron chi connectivity index (χ4n) is 5.90. The smallest absolute Gasteiger partial charge is 0.264 e. The summed E-state index contributed by atoms with van der Waals surface area (Å²) >= 11 is 0. The summed E-state index contributed by atoms with van der Waals surface area (Å²) in [4.78, 5) is 13.0. The van der Waals surface area contributed by atoms with E-state index in [0.29, 0.717) is 22.3 Å². The highest BCUT2D eigenvalue weighted by Crippen LogP contribution is 2.29. The van der Waals surface area contributed by atoms with Crippen molar-refractivity contribution < 1.29 is 30.0 Å². The Labute approximate surface area is 329 Å². The molecule has 0 saturated heterocycles. The second-order valence-corrected chi connectivity index (χ2v) is 19.0. The molecule has 2 atom stereocenters. The van der Waals surface area contributed by atoms with Crippen molar-refractivity contribution in [1.82, 2.24) is 4.72 Å². The molecular formula is C37H56ClIN2O7S3. The first-order chi connectivity index (χ1) is 22.5. The molecule has 14 heteroatoms. The molecule has 3 aromatic carbocycles. The number of hydrogen-bond donors (Lipinski definition) is 2. The summed E-state index contributed by atoms with van der Waals surface area (Å²) in [5.41, 5.74) is 10.4. The van der Waals surface area contributed by atoms with Gasteiger partial charge in [-0.15, -0.1) is 24.0 Å². The van der Waals surface area contributed by atoms with Crippen molar-refractivity contribution in [2.75, 3.05) is 0 Å². The molecule has 0 aliphatic heterocycles. The van der Waals surface area contributed by atoms with E-state index in [-0.39, 0.29) is 50.5 Å². The SMILES string of the molecule is CCC(C)C(C)C(=O)NS(=O)(=O)c1c(C)cc(C)c(C)c1C.Cc1cc(C)c(S(=O)(=O)Cl)c(C)c1C.Cc1cc(C)c(S(N)(=O)=O)c(C)c1C.I. The number of primary sulfonamides is 1. The van der Waals surface area contributed by atoms with Crippen molar-refractivity contribution >= 4 is 69.7 Å². The van der Waals surface area contributed by atoms with Crippen LogP contribution in [0.25, 0.3) is 0 Å². The van der Waals surface area contributed by atoms with Gasteiger partial charge in [-0.2, -0.15) is 0 Å². The number of halogens is 2. The van der Waals surface area contributed by atoms with E-state index in [2.05, 4.69) is 4.72 Å². The zero-order valence-electron chi connectivity index (χ0n) is 32.5. The molecular weight excluding hydrogens is 843 g/mol. The number of rotatable bonds is 7. The molecule has 1 amide bonds. The van der Waals surface area contributed by atoms with Gasteiger partial charge >= 0.3 is 0 Å². The highest BCUT2D eigenvalue weighted by Gasteiger charge is 2.28. The lowest BCUT2D eigenvalue weighted by atomic mass is 9.93. The van der Waals surface area contributed by atoms with Crippen molar-refractivity contribution in [1.29, 1.82) is 0 Å².